The predicted octanol–water partition coefficient (Wildman–Crippen LogP) is 4.18. The number of halogens is 2. The van der Waals surface area contributed by atoms with Crippen molar-refractivity contribution < 1.29 is 46.9 Å². The van der Waals surface area contributed by atoms with Crippen LogP contribution in [0.1, 0.15) is 47.7 Å². The molecule has 0 bridgehead atoms. The largest absolute Gasteiger partial charge is 0.459 e. The van der Waals surface area contributed by atoms with Gasteiger partial charge in [0.05, 0.1) is 16.7 Å². The summed E-state index contributed by atoms with van der Waals surface area (Å²) >= 11 is 0. The Hall–Kier alpha value is -6.54. The molecule has 1 fully saturated rings. The minimum absolute atomic E-state index is 0.0153. The summed E-state index contributed by atoms with van der Waals surface area (Å²) in [6, 6.07) is 25.0. The van der Waals surface area contributed by atoms with Gasteiger partial charge in [0.1, 0.15) is 24.3 Å². The Morgan fingerprint density at radius 3 is 1.65 bits per heavy atom. The Balaban J connectivity index is 1.41. The van der Waals surface area contributed by atoms with Gasteiger partial charge in [0, 0.05) is 17.8 Å². The van der Waals surface area contributed by atoms with E-state index >= 15 is 0 Å². The lowest BCUT2D eigenvalue weighted by molar-refractivity contribution is -0.0643. The van der Waals surface area contributed by atoms with Crippen LogP contribution in [-0.2, 0) is 18.9 Å². The van der Waals surface area contributed by atoms with Gasteiger partial charge in [-0.15, -0.1) is 0 Å². The average molecular weight is 697 g/mol. The molecule has 258 valence electrons. The molecule has 0 radical (unpaired) electrons. The van der Waals surface area contributed by atoms with Crippen molar-refractivity contribution in [3.8, 4) is 0 Å². The highest BCUT2D eigenvalue weighted by Crippen LogP contribution is 2.35. The van der Waals surface area contributed by atoms with Crippen molar-refractivity contribution in [2.75, 3.05) is 6.61 Å². The number of esters is 3. The lowest BCUT2D eigenvalue weighted by Gasteiger charge is -2.25. The molecule has 1 aliphatic rings. The fraction of sp³-hybridized carbons (Fsp3) is 0.135. The summed E-state index contributed by atoms with van der Waals surface area (Å²) in [4.78, 5) is 79.8. The molecule has 4 atom stereocenters. The highest BCUT2D eigenvalue weighted by Gasteiger charge is 2.52. The van der Waals surface area contributed by atoms with Crippen LogP contribution in [0.4, 0.5) is 8.78 Å². The van der Waals surface area contributed by atoms with E-state index in [2.05, 4.69) is 0 Å². The van der Waals surface area contributed by atoms with Crippen LogP contribution in [0, 0.1) is 11.6 Å². The Morgan fingerprint density at radius 1 is 0.608 bits per heavy atom. The topological polar surface area (TPSA) is 149 Å². The summed E-state index contributed by atoms with van der Waals surface area (Å²) in [5.74, 6) is -5.04. The smallest absolute Gasteiger partial charge is 0.340 e. The predicted molar refractivity (Wildman–Crippen MR) is 173 cm³/mol. The molecular formula is C37H26F2N2O10. The SMILES string of the molecule is O=C(OC[C@@H]1O[C@H](n2ccc(=O)n(C(=O)c3ccc(F)cc3)c2=O)[C@@H](OC(=O)c2ccccc2)[C@H]1OC(=O)c1ccccc1)c1ccc(F)cc1. The Kier molecular flexibility index (Phi) is 10.0. The van der Waals surface area contributed by atoms with E-state index in [1.54, 1.807) is 36.4 Å². The van der Waals surface area contributed by atoms with Crippen molar-refractivity contribution in [1.29, 1.82) is 0 Å². The molecule has 0 aliphatic carbocycles. The molecule has 12 nitrogen and oxygen atoms in total. The second kappa shape index (κ2) is 14.9. The van der Waals surface area contributed by atoms with Crippen molar-refractivity contribution in [2.45, 2.75) is 24.5 Å². The maximum atomic E-state index is 13.9. The molecule has 0 amide bonds. The van der Waals surface area contributed by atoms with Gasteiger partial charge in [-0.1, -0.05) is 36.4 Å². The number of carbonyl (C=O) groups is 4. The molecule has 2 heterocycles. The van der Waals surface area contributed by atoms with E-state index in [4.69, 9.17) is 18.9 Å². The van der Waals surface area contributed by atoms with E-state index in [-0.39, 0.29) is 26.8 Å². The molecule has 1 saturated heterocycles. The minimum Gasteiger partial charge on any atom is -0.459 e. The molecule has 0 unspecified atom stereocenters. The zero-order valence-electron chi connectivity index (χ0n) is 26.3. The quantitative estimate of drug-likeness (QED) is 0.162. The van der Waals surface area contributed by atoms with Crippen molar-refractivity contribution in [1.82, 2.24) is 9.13 Å². The number of rotatable bonds is 9. The zero-order chi connectivity index (χ0) is 36.1. The van der Waals surface area contributed by atoms with Gasteiger partial charge in [0.2, 0.25) is 0 Å². The first kappa shape index (κ1) is 34.3. The molecule has 6 rings (SSSR count). The van der Waals surface area contributed by atoms with Gasteiger partial charge in [-0.05, 0) is 72.8 Å². The summed E-state index contributed by atoms with van der Waals surface area (Å²) < 4.78 is 51.3. The van der Waals surface area contributed by atoms with Gasteiger partial charge >= 0.3 is 23.6 Å². The lowest BCUT2D eigenvalue weighted by Crippen LogP contribution is -2.47. The number of aromatic nitrogens is 2. The van der Waals surface area contributed by atoms with E-state index in [9.17, 15) is 37.5 Å². The van der Waals surface area contributed by atoms with Crippen LogP contribution in [0.25, 0.3) is 0 Å². The fourth-order valence-corrected chi connectivity index (χ4v) is 5.29. The third-order valence-electron chi connectivity index (χ3n) is 7.83. The Morgan fingerprint density at radius 2 is 1.10 bits per heavy atom. The molecule has 0 spiro atoms. The Labute approximate surface area is 287 Å². The maximum absolute atomic E-state index is 13.9. The number of carbonyl (C=O) groups excluding carboxylic acids is 4. The number of ether oxygens (including phenoxy) is 4. The van der Waals surface area contributed by atoms with Crippen LogP contribution in [0.3, 0.4) is 0 Å². The van der Waals surface area contributed by atoms with Crippen LogP contribution >= 0.6 is 0 Å². The monoisotopic (exact) mass is 696 g/mol. The zero-order valence-corrected chi connectivity index (χ0v) is 26.3. The van der Waals surface area contributed by atoms with Gasteiger partial charge in [-0.2, -0.15) is 4.57 Å². The van der Waals surface area contributed by atoms with E-state index < -0.39 is 77.8 Å². The Bertz CT molecular complexity index is 2190. The van der Waals surface area contributed by atoms with Crippen LogP contribution in [0.2, 0.25) is 0 Å². The van der Waals surface area contributed by atoms with Crippen LogP contribution in [0.15, 0.2) is 131 Å². The number of nitrogens with zero attached hydrogens (tertiary/aromatic N) is 2. The highest BCUT2D eigenvalue weighted by atomic mass is 19.1. The summed E-state index contributed by atoms with van der Waals surface area (Å²) in [7, 11) is 0. The summed E-state index contributed by atoms with van der Waals surface area (Å²) in [6.07, 6.45) is -5.25. The molecular weight excluding hydrogens is 670 g/mol. The van der Waals surface area contributed by atoms with Crippen molar-refractivity contribution in [3.05, 3.63) is 176 Å². The van der Waals surface area contributed by atoms with E-state index in [0.717, 1.165) is 53.2 Å². The molecule has 14 heteroatoms. The molecule has 5 aromatic rings. The van der Waals surface area contributed by atoms with E-state index in [0.29, 0.717) is 0 Å². The highest BCUT2D eigenvalue weighted by molar-refractivity contribution is 5.95. The van der Waals surface area contributed by atoms with E-state index in [1.165, 1.54) is 36.4 Å². The molecule has 4 aromatic carbocycles. The van der Waals surface area contributed by atoms with Crippen molar-refractivity contribution in [3.63, 3.8) is 0 Å². The van der Waals surface area contributed by atoms with Gasteiger partial charge < -0.3 is 18.9 Å². The first-order valence-corrected chi connectivity index (χ1v) is 15.4. The summed E-state index contributed by atoms with van der Waals surface area (Å²) in [5, 5.41) is 0. The maximum Gasteiger partial charge on any atom is 0.340 e. The van der Waals surface area contributed by atoms with Crippen LogP contribution in [0.5, 0.6) is 0 Å². The summed E-state index contributed by atoms with van der Waals surface area (Å²) in [6.45, 7) is -0.623. The number of hydrogen-bond donors (Lipinski definition) is 0. The first-order valence-electron chi connectivity index (χ1n) is 15.4. The minimum atomic E-state index is -1.67. The van der Waals surface area contributed by atoms with Crippen LogP contribution in [-0.4, -0.2) is 57.9 Å². The van der Waals surface area contributed by atoms with Gasteiger partial charge in [0.15, 0.2) is 18.4 Å². The van der Waals surface area contributed by atoms with Gasteiger partial charge in [0.25, 0.3) is 11.5 Å². The van der Waals surface area contributed by atoms with Gasteiger partial charge in [-0.3, -0.25) is 14.2 Å². The lowest BCUT2D eigenvalue weighted by atomic mass is 10.1. The fourth-order valence-electron chi connectivity index (χ4n) is 5.29. The first-order chi connectivity index (χ1) is 24.6. The number of hydrogen-bond acceptors (Lipinski definition) is 10. The average Bonchev–Trinajstić information content (AvgIpc) is 3.47. The normalized spacial score (nSPS) is 18.1. The standard InChI is InChI=1S/C37H26F2N2O10/c38-26-15-11-22(12-16-26)32(43)41-29(42)19-20-40(37(41)47)33-31(51-36(46)24-9-5-2-6-10-24)30(50-35(45)23-7-3-1-4-8-23)28(49-33)21-48-34(44)25-13-17-27(39)18-14-25/h1-20,28,30-31,33H,21H2/t28-,30-,31-,33-/m0/s1. The van der Waals surface area contributed by atoms with E-state index in [1.807, 2.05) is 0 Å². The van der Waals surface area contributed by atoms with Gasteiger partial charge in [-0.25, -0.2) is 28.0 Å². The molecule has 1 aromatic heterocycles. The molecule has 1 aliphatic heterocycles. The second-order valence-electron chi connectivity index (χ2n) is 11.1. The molecule has 0 saturated carbocycles. The molecule has 51 heavy (non-hydrogen) atoms. The van der Waals surface area contributed by atoms with Crippen molar-refractivity contribution >= 4 is 23.8 Å². The summed E-state index contributed by atoms with van der Waals surface area (Å²) in [5.41, 5.74) is -2.28. The number of benzene rings is 4. The van der Waals surface area contributed by atoms with Crippen molar-refractivity contribution in [2.24, 2.45) is 0 Å². The second-order valence-corrected chi connectivity index (χ2v) is 11.1. The third-order valence-corrected chi connectivity index (χ3v) is 7.83. The molecule has 0 N–H and O–H groups in total. The third kappa shape index (κ3) is 7.55. The van der Waals surface area contributed by atoms with Crippen LogP contribution < -0.4 is 11.2 Å².